The molecule has 1 aliphatic rings. The number of hydrogen-bond donors (Lipinski definition) is 2. The first-order valence-electron chi connectivity index (χ1n) is 5.09. The van der Waals surface area contributed by atoms with E-state index in [-0.39, 0.29) is 22.6 Å². The van der Waals surface area contributed by atoms with Crippen molar-refractivity contribution in [3.8, 4) is 0 Å². The highest BCUT2D eigenvalue weighted by Crippen LogP contribution is 2.28. The number of rotatable bonds is 2. The second kappa shape index (κ2) is 4.34. The highest BCUT2D eigenvalue weighted by molar-refractivity contribution is 7.91. The number of hydrogen-bond acceptors (Lipinski definition) is 4. The topological polar surface area (TPSA) is 72.2 Å². The van der Waals surface area contributed by atoms with Gasteiger partial charge in [0.05, 0.1) is 27.9 Å². The SMILES string of the molecule is Nc1cc(Cl)c(F)cc1NC1CCS(=O)(=O)C1. The lowest BCUT2D eigenvalue weighted by molar-refractivity contribution is 0.602. The van der Waals surface area contributed by atoms with Gasteiger partial charge in [0.15, 0.2) is 9.84 Å². The van der Waals surface area contributed by atoms with Crippen molar-refractivity contribution in [3.63, 3.8) is 0 Å². The third kappa shape index (κ3) is 2.81. The van der Waals surface area contributed by atoms with Crippen molar-refractivity contribution in [3.05, 3.63) is 23.0 Å². The van der Waals surface area contributed by atoms with E-state index in [2.05, 4.69) is 5.32 Å². The minimum atomic E-state index is -2.97. The first-order valence-corrected chi connectivity index (χ1v) is 7.29. The molecule has 4 nitrogen and oxygen atoms in total. The van der Waals surface area contributed by atoms with Gasteiger partial charge in [-0.3, -0.25) is 0 Å². The van der Waals surface area contributed by atoms with Crippen molar-refractivity contribution in [1.29, 1.82) is 0 Å². The fraction of sp³-hybridized carbons (Fsp3) is 0.400. The standard InChI is InChI=1S/C10H12ClFN2O2S/c11-7-3-9(13)10(4-8(7)12)14-6-1-2-17(15,16)5-6/h3-4,6,14H,1-2,5,13H2. The number of benzene rings is 1. The highest BCUT2D eigenvalue weighted by atomic mass is 35.5. The number of sulfone groups is 1. The van der Waals surface area contributed by atoms with E-state index in [0.29, 0.717) is 17.8 Å². The van der Waals surface area contributed by atoms with E-state index in [1.54, 1.807) is 0 Å². The maximum atomic E-state index is 13.2. The largest absolute Gasteiger partial charge is 0.397 e. The summed E-state index contributed by atoms with van der Waals surface area (Å²) >= 11 is 5.57. The van der Waals surface area contributed by atoms with Crippen LogP contribution >= 0.6 is 11.6 Å². The number of nitrogens with one attached hydrogen (secondary N) is 1. The van der Waals surface area contributed by atoms with E-state index in [1.807, 2.05) is 0 Å². The fourth-order valence-corrected chi connectivity index (χ4v) is 3.66. The Balaban J connectivity index is 2.17. The lowest BCUT2D eigenvalue weighted by Gasteiger charge is -2.14. The van der Waals surface area contributed by atoms with Crippen LogP contribution in [0.15, 0.2) is 12.1 Å². The smallest absolute Gasteiger partial charge is 0.152 e. The zero-order chi connectivity index (χ0) is 12.6. The molecular weight excluding hydrogens is 267 g/mol. The zero-order valence-corrected chi connectivity index (χ0v) is 10.5. The molecule has 1 atom stereocenters. The van der Waals surface area contributed by atoms with Crippen LogP contribution in [-0.4, -0.2) is 26.0 Å². The Labute approximate surface area is 104 Å². The molecule has 7 heteroatoms. The molecule has 0 amide bonds. The Morgan fingerprint density at radius 3 is 2.76 bits per heavy atom. The van der Waals surface area contributed by atoms with E-state index in [4.69, 9.17) is 17.3 Å². The maximum absolute atomic E-state index is 13.2. The highest BCUT2D eigenvalue weighted by Gasteiger charge is 2.28. The molecule has 17 heavy (non-hydrogen) atoms. The van der Waals surface area contributed by atoms with Gasteiger partial charge in [-0.2, -0.15) is 0 Å². The van der Waals surface area contributed by atoms with E-state index in [0.717, 1.165) is 0 Å². The van der Waals surface area contributed by atoms with Gasteiger partial charge in [-0.1, -0.05) is 11.6 Å². The van der Waals surface area contributed by atoms with Crippen molar-refractivity contribution in [1.82, 2.24) is 0 Å². The van der Waals surface area contributed by atoms with Crippen molar-refractivity contribution in [2.45, 2.75) is 12.5 Å². The quantitative estimate of drug-likeness (QED) is 0.807. The molecule has 1 aromatic carbocycles. The lowest BCUT2D eigenvalue weighted by Crippen LogP contribution is -2.21. The molecule has 1 saturated heterocycles. The van der Waals surface area contributed by atoms with Gasteiger partial charge in [0.2, 0.25) is 0 Å². The minimum absolute atomic E-state index is 0.0490. The summed E-state index contributed by atoms with van der Waals surface area (Å²) in [4.78, 5) is 0. The second-order valence-electron chi connectivity index (χ2n) is 4.10. The molecule has 1 fully saturated rings. The van der Waals surface area contributed by atoms with Crippen molar-refractivity contribution >= 4 is 32.8 Å². The predicted octanol–water partition coefficient (Wildman–Crippen LogP) is 1.66. The van der Waals surface area contributed by atoms with Crippen LogP contribution in [0.2, 0.25) is 5.02 Å². The van der Waals surface area contributed by atoms with E-state index >= 15 is 0 Å². The van der Waals surface area contributed by atoms with Crippen LogP contribution in [0.1, 0.15) is 6.42 Å². The molecule has 3 N–H and O–H groups in total. The van der Waals surface area contributed by atoms with Crippen LogP contribution in [0, 0.1) is 5.82 Å². The molecule has 0 aliphatic carbocycles. The number of nitrogen functional groups attached to an aromatic ring is 1. The summed E-state index contributed by atoms with van der Waals surface area (Å²) in [6.07, 6.45) is 0.506. The normalized spacial score (nSPS) is 22.6. The fourth-order valence-electron chi connectivity index (χ4n) is 1.82. The molecule has 0 radical (unpaired) electrons. The van der Waals surface area contributed by atoms with Gasteiger partial charge in [-0.25, -0.2) is 12.8 Å². The third-order valence-corrected chi connectivity index (χ3v) is 4.74. The molecule has 0 aromatic heterocycles. The van der Waals surface area contributed by atoms with Crippen molar-refractivity contribution in [2.24, 2.45) is 0 Å². The Bertz CT molecular complexity index is 547. The zero-order valence-electron chi connectivity index (χ0n) is 8.91. The summed E-state index contributed by atoms with van der Waals surface area (Å²) in [6.45, 7) is 0. The van der Waals surface area contributed by atoms with Crippen LogP contribution in [0.25, 0.3) is 0 Å². The molecule has 1 aliphatic heterocycles. The predicted molar refractivity (Wildman–Crippen MR) is 66.5 cm³/mol. The Hall–Kier alpha value is -1.01. The van der Waals surface area contributed by atoms with Crippen molar-refractivity contribution < 1.29 is 12.8 Å². The van der Waals surface area contributed by atoms with Gasteiger partial charge < -0.3 is 11.1 Å². The van der Waals surface area contributed by atoms with E-state index in [1.165, 1.54) is 12.1 Å². The summed E-state index contributed by atoms with van der Waals surface area (Å²) in [5.74, 6) is -0.374. The summed E-state index contributed by atoms with van der Waals surface area (Å²) < 4.78 is 35.8. The average molecular weight is 279 g/mol. The lowest BCUT2D eigenvalue weighted by atomic mass is 10.2. The molecule has 0 spiro atoms. The summed E-state index contributed by atoms with van der Waals surface area (Å²) in [5, 5.41) is 2.88. The van der Waals surface area contributed by atoms with Crippen LogP contribution in [0.5, 0.6) is 0 Å². The van der Waals surface area contributed by atoms with Gasteiger partial charge in [0.1, 0.15) is 5.82 Å². The summed E-state index contributed by atoms with van der Waals surface area (Å²) in [6, 6.07) is 2.27. The average Bonchev–Trinajstić information content (AvgIpc) is 2.54. The molecule has 1 unspecified atom stereocenters. The van der Waals surface area contributed by atoms with Gasteiger partial charge in [-0.15, -0.1) is 0 Å². The Morgan fingerprint density at radius 1 is 1.47 bits per heavy atom. The minimum Gasteiger partial charge on any atom is -0.397 e. The summed E-state index contributed by atoms with van der Waals surface area (Å²) in [5.41, 5.74) is 6.36. The number of anilines is 2. The molecule has 1 aromatic rings. The van der Waals surface area contributed by atoms with Gasteiger partial charge in [-0.05, 0) is 12.5 Å². The van der Waals surface area contributed by atoms with Gasteiger partial charge >= 0.3 is 0 Å². The third-order valence-electron chi connectivity index (χ3n) is 2.68. The Morgan fingerprint density at radius 2 is 2.18 bits per heavy atom. The first kappa shape index (κ1) is 12.4. The van der Waals surface area contributed by atoms with Gasteiger partial charge in [0, 0.05) is 12.1 Å². The maximum Gasteiger partial charge on any atom is 0.152 e. The van der Waals surface area contributed by atoms with E-state index < -0.39 is 15.7 Å². The molecule has 1 heterocycles. The molecule has 0 bridgehead atoms. The number of nitrogens with two attached hydrogens (primary N) is 1. The molecular formula is C10H12ClFN2O2S. The monoisotopic (exact) mass is 278 g/mol. The second-order valence-corrected chi connectivity index (χ2v) is 6.73. The summed E-state index contributed by atoms with van der Waals surface area (Å²) in [7, 11) is -2.97. The van der Waals surface area contributed by atoms with Crippen molar-refractivity contribution in [2.75, 3.05) is 22.6 Å². The van der Waals surface area contributed by atoms with E-state index in [9.17, 15) is 12.8 Å². The van der Waals surface area contributed by atoms with Crippen LogP contribution in [0.4, 0.5) is 15.8 Å². The van der Waals surface area contributed by atoms with Crippen LogP contribution < -0.4 is 11.1 Å². The molecule has 2 rings (SSSR count). The van der Waals surface area contributed by atoms with Crippen LogP contribution in [0.3, 0.4) is 0 Å². The van der Waals surface area contributed by atoms with Gasteiger partial charge in [0.25, 0.3) is 0 Å². The molecule has 0 saturated carbocycles. The number of halogens is 2. The Kier molecular flexibility index (Phi) is 3.18. The molecule has 94 valence electrons. The van der Waals surface area contributed by atoms with Crippen LogP contribution in [-0.2, 0) is 9.84 Å². The first-order chi connectivity index (χ1) is 7.87.